The minimum Gasteiger partial charge on any atom is -0.507 e. The van der Waals surface area contributed by atoms with Gasteiger partial charge >= 0.3 is 12.1 Å². The molecule has 2 rings (SSSR count). The van der Waals surface area contributed by atoms with E-state index in [9.17, 15) is 19.5 Å². The summed E-state index contributed by atoms with van der Waals surface area (Å²) in [7, 11) is 3.45. The fourth-order valence-corrected chi connectivity index (χ4v) is 3.97. The maximum atomic E-state index is 12.3. The van der Waals surface area contributed by atoms with Gasteiger partial charge < -0.3 is 34.9 Å². The van der Waals surface area contributed by atoms with Crippen molar-refractivity contribution in [3.05, 3.63) is 33.9 Å². The van der Waals surface area contributed by atoms with Gasteiger partial charge in [-0.3, -0.25) is 4.79 Å². The van der Waals surface area contributed by atoms with Crippen molar-refractivity contribution >= 4 is 18.0 Å². The van der Waals surface area contributed by atoms with Crippen LogP contribution in [0.3, 0.4) is 0 Å². The first-order valence-corrected chi connectivity index (χ1v) is 12.5. The maximum absolute atomic E-state index is 12.3. The van der Waals surface area contributed by atoms with Crippen LogP contribution < -0.4 is 15.4 Å². The van der Waals surface area contributed by atoms with E-state index in [-0.39, 0.29) is 23.8 Å². The van der Waals surface area contributed by atoms with E-state index >= 15 is 0 Å². The van der Waals surface area contributed by atoms with Crippen molar-refractivity contribution in [3.63, 3.8) is 0 Å². The van der Waals surface area contributed by atoms with E-state index in [0.717, 1.165) is 11.1 Å². The Balaban J connectivity index is 1.75. The number of amides is 2. The molecule has 1 aromatic carbocycles. The molecular formula is C27H41N3O7. The van der Waals surface area contributed by atoms with Gasteiger partial charge in [0.1, 0.15) is 29.3 Å². The van der Waals surface area contributed by atoms with Crippen molar-refractivity contribution in [2.24, 2.45) is 0 Å². The number of carbonyl (C=O) groups excluding carboxylic acids is 3. The van der Waals surface area contributed by atoms with Gasteiger partial charge in [0.15, 0.2) is 0 Å². The number of rotatable bonds is 12. The molecule has 10 heteroatoms. The number of methoxy groups -OCH3 is 1. The number of allylic oxidation sites excluding steroid dienone is 2. The van der Waals surface area contributed by atoms with Crippen LogP contribution in [0.25, 0.3) is 0 Å². The number of nitrogens with one attached hydrogen (secondary N) is 2. The fourth-order valence-electron chi connectivity index (χ4n) is 3.97. The SMILES string of the molecule is COc1c(C)c2c(c(O)c1CC=C(C)CCC(=O)NCCN(C)CCNC(=O)OC(C)(C)C)C(=O)OC2. The molecule has 0 saturated heterocycles. The number of hydrogen-bond donors (Lipinski definition) is 3. The fraction of sp³-hybridized carbons (Fsp3) is 0.593. The second kappa shape index (κ2) is 13.3. The number of fused-ring (bicyclic) bond motifs is 1. The monoisotopic (exact) mass is 519 g/mol. The summed E-state index contributed by atoms with van der Waals surface area (Å²) >= 11 is 0. The average Bonchev–Trinajstić information content (AvgIpc) is 3.19. The summed E-state index contributed by atoms with van der Waals surface area (Å²) in [6.07, 6.45) is 2.76. The molecule has 10 nitrogen and oxygen atoms in total. The molecule has 1 aromatic rings. The van der Waals surface area contributed by atoms with Crippen LogP contribution >= 0.6 is 0 Å². The number of ether oxygens (including phenoxy) is 3. The minimum absolute atomic E-state index is 0.0513. The first-order chi connectivity index (χ1) is 17.3. The molecule has 37 heavy (non-hydrogen) atoms. The van der Waals surface area contributed by atoms with E-state index in [1.54, 1.807) is 0 Å². The Labute approximate surface area is 219 Å². The third-order valence-corrected chi connectivity index (χ3v) is 6.03. The van der Waals surface area contributed by atoms with Crippen molar-refractivity contribution in [1.29, 1.82) is 0 Å². The van der Waals surface area contributed by atoms with Gasteiger partial charge in [-0.2, -0.15) is 0 Å². The molecule has 2 amide bonds. The smallest absolute Gasteiger partial charge is 0.407 e. The highest BCUT2D eigenvalue weighted by Crippen LogP contribution is 2.42. The van der Waals surface area contributed by atoms with E-state index in [1.165, 1.54) is 7.11 Å². The Morgan fingerprint density at radius 1 is 1.16 bits per heavy atom. The van der Waals surface area contributed by atoms with Gasteiger partial charge in [-0.1, -0.05) is 11.6 Å². The molecule has 206 valence electrons. The second-order valence-electron chi connectivity index (χ2n) is 10.3. The summed E-state index contributed by atoms with van der Waals surface area (Å²) in [5.41, 5.74) is 2.65. The summed E-state index contributed by atoms with van der Waals surface area (Å²) in [6, 6.07) is 0. The number of alkyl carbamates (subject to hydrolysis) is 1. The van der Waals surface area contributed by atoms with Crippen LogP contribution in [0, 0.1) is 6.92 Å². The molecule has 0 bridgehead atoms. The number of phenolic OH excluding ortho intramolecular Hbond substituents is 1. The largest absolute Gasteiger partial charge is 0.507 e. The Hall–Kier alpha value is -3.27. The molecule has 1 heterocycles. The zero-order chi connectivity index (χ0) is 27.8. The van der Waals surface area contributed by atoms with Gasteiger partial charge in [0, 0.05) is 43.7 Å². The van der Waals surface area contributed by atoms with Crippen LogP contribution in [0.15, 0.2) is 11.6 Å². The lowest BCUT2D eigenvalue weighted by atomic mass is 9.94. The number of carbonyl (C=O) groups is 3. The first kappa shape index (κ1) is 30.0. The predicted octanol–water partition coefficient (Wildman–Crippen LogP) is 3.22. The van der Waals surface area contributed by atoms with E-state index in [4.69, 9.17) is 14.2 Å². The highest BCUT2D eigenvalue weighted by atomic mass is 16.6. The summed E-state index contributed by atoms with van der Waals surface area (Å²) < 4.78 is 15.8. The summed E-state index contributed by atoms with van der Waals surface area (Å²) in [5.74, 6) is -0.139. The molecule has 0 unspecified atom stereocenters. The van der Waals surface area contributed by atoms with Crippen LogP contribution in [0.4, 0.5) is 4.79 Å². The van der Waals surface area contributed by atoms with Crippen LogP contribution in [-0.2, 0) is 27.3 Å². The third kappa shape index (κ3) is 8.96. The number of hydrogen-bond acceptors (Lipinski definition) is 8. The number of cyclic esters (lactones) is 1. The van der Waals surface area contributed by atoms with Crippen LogP contribution in [0.2, 0.25) is 0 Å². The van der Waals surface area contributed by atoms with Crippen molar-refractivity contribution in [3.8, 4) is 11.5 Å². The lowest BCUT2D eigenvalue weighted by molar-refractivity contribution is -0.121. The predicted molar refractivity (Wildman–Crippen MR) is 140 cm³/mol. The van der Waals surface area contributed by atoms with Crippen molar-refractivity contribution in [2.45, 2.75) is 66.1 Å². The summed E-state index contributed by atoms with van der Waals surface area (Å²) in [6.45, 7) is 11.6. The Morgan fingerprint density at radius 2 is 1.81 bits per heavy atom. The van der Waals surface area contributed by atoms with Gasteiger partial charge in [0.2, 0.25) is 5.91 Å². The maximum Gasteiger partial charge on any atom is 0.407 e. The highest BCUT2D eigenvalue weighted by Gasteiger charge is 2.31. The molecule has 0 radical (unpaired) electrons. The zero-order valence-electron chi connectivity index (χ0n) is 23.1. The van der Waals surface area contributed by atoms with Gasteiger partial charge in [-0.25, -0.2) is 9.59 Å². The number of esters is 1. The number of benzene rings is 1. The Kier molecular flexibility index (Phi) is 10.8. The van der Waals surface area contributed by atoms with Crippen molar-refractivity contribution in [2.75, 3.05) is 40.3 Å². The minimum atomic E-state index is -0.529. The van der Waals surface area contributed by atoms with E-state index < -0.39 is 17.7 Å². The molecule has 1 aliphatic rings. The Morgan fingerprint density at radius 3 is 2.43 bits per heavy atom. The number of phenols is 1. The molecule has 0 atom stereocenters. The number of likely N-dealkylation sites (N-methyl/N-ethyl adjacent to an activating group) is 1. The first-order valence-electron chi connectivity index (χ1n) is 12.5. The van der Waals surface area contributed by atoms with E-state index in [0.29, 0.717) is 62.3 Å². The summed E-state index contributed by atoms with van der Waals surface area (Å²) in [4.78, 5) is 38.0. The van der Waals surface area contributed by atoms with Gasteiger partial charge in [0.05, 0.1) is 7.11 Å². The Bertz CT molecular complexity index is 1030. The number of aromatic hydroxyl groups is 1. The topological polar surface area (TPSA) is 126 Å². The molecule has 0 fully saturated rings. The number of nitrogens with zero attached hydrogens (tertiary/aromatic N) is 1. The van der Waals surface area contributed by atoms with Crippen LogP contribution in [0.1, 0.15) is 67.6 Å². The quantitative estimate of drug-likeness (QED) is 0.284. The van der Waals surface area contributed by atoms with Gasteiger partial charge in [-0.05, 0) is 60.1 Å². The molecule has 1 aliphatic heterocycles. The molecular weight excluding hydrogens is 478 g/mol. The lowest BCUT2D eigenvalue weighted by Gasteiger charge is -2.21. The van der Waals surface area contributed by atoms with Crippen molar-refractivity contribution in [1.82, 2.24) is 15.5 Å². The highest BCUT2D eigenvalue weighted by molar-refractivity contribution is 5.98. The van der Waals surface area contributed by atoms with Crippen LogP contribution in [-0.4, -0.2) is 73.9 Å². The normalized spacial score (nSPS) is 13.3. The second-order valence-corrected chi connectivity index (χ2v) is 10.3. The average molecular weight is 520 g/mol. The molecule has 3 N–H and O–H groups in total. The zero-order valence-corrected chi connectivity index (χ0v) is 23.1. The van der Waals surface area contributed by atoms with Crippen LogP contribution in [0.5, 0.6) is 11.5 Å². The molecule has 0 saturated carbocycles. The van der Waals surface area contributed by atoms with Gasteiger partial charge in [0.25, 0.3) is 0 Å². The standard InChI is InChI=1S/C27H41N3O7/c1-17(8-10-19-23(32)22-20(16-36-25(22)33)18(2)24(19)35-7)9-11-21(31)28-12-14-30(6)15-13-29-26(34)37-27(3,4)5/h8,32H,9-16H2,1-7H3,(H,28,31)(H,29,34). The van der Waals surface area contributed by atoms with Gasteiger partial charge in [-0.15, -0.1) is 0 Å². The lowest BCUT2D eigenvalue weighted by Crippen LogP contribution is -2.39. The van der Waals surface area contributed by atoms with E-state index in [2.05, 4.69) is 10.6 Å². The van der Waals surface area contributed by atoms with Crippen molar-refractivity contribution < 1.29 is 33.7 Å². The molecule has 0 spiro atoms. The molecule has 0 aromatic heterocycles. The summed E-state index contributed by atoms with van der Waals surface area (Å²) in [5, 5.41) is 16.3. The third-order valence-electron chi connectivity index (χ3n) is 6.03. The molecule has 0 aliphatic carbocycles. The van der Waals surface area contributed by atoms with E-state index in [1.807, 2.05) is 52.6 Å².